The Morgan fingerprint density at radius 1 is 1.08 bits per heavy atom. The number of aliphatic hydroxyl groups excluding tert-OH is 1. The van der Waals surface area contributed by atoms with E-state index in [0.717, 1.165) is 4.57 Å². The van der Waals surface area contributed by atoms with Gasteiger partial charge in [0.25, 0.3) is 5.56 Å². The lowest BCUT2D eigenvalue weighted by atomic mass is 9.82. The SMILES string of the molecule is CCc1cn([C@H]2C[C@@](O)(C(=O)c3ccc(Cl)cc3)[C@@H](C(O)C(=O)c3ccc(Cl)cc3)O2)c(=O)[nH]c1=O. The van der Waals surface area contributed by atoms with Gasteiger partial charge in [-0.15, -0.1) is 0 Å². The standard InChI is InChI=1S/C25H22Cl2N2O7/c1-2-13-12-29(24(34)28-23(13)33)18-11-25(35,21(32)15-5-9-17(27)10-6-15)22(36-18)20(31)19(30)14-3-7-16(26)8-4-14/h3-10,12,18,20,22,31,35H,2,11H2,1H3,(H,28,33,34)/t18-,20?,22-,25-/m1/s1. The second kappa shape index (κ2) is 10.1. The van der Waals surface area contributed by atoms with Crippen LogP contribution in [0.3, 0.4) is 0 Å². The van der Waals surface area contributed by atoms with Crippen LogP contribution >= 0.6 is 23.2 Å². The number of aliphatic hydroxyl groups is 2. The van der Waals surface area contributed by atoms with E-state index < -0.39 is 53.3 Å². The third-order valence-electron chi connectivity index (χ3n) is 6.18. The van der Waals surface area contributed by atoms with Gasteiger partial charge in [-0.05, 0) is 55.0 Å². The van der Waals surface area contributed by atoms with E-state index in [1.807, 2.05) is 0 Å². The molecule has 4 rings (SSSR count). The molecular formula is C25H22Cl2N2O7. The second-order valence-corrected chi connectivity index (χ2v) is 9.34. The molecule has 2 aromatic carbocycles. The summed E-state index contributed by atoms with van der Waals surface area (Å²) in [5.74, 6) is -1.65. The summed E-state index contributed by atoms with van der Waals surface area (Å²) in [5.41, 5.74) is -3.39. The van der Waals surface area contributed by atoms with E-state index in [0.29, 0.717) is 16.5 Å². The Morgan fingerprint density at radius 2 is 1.64 bits per heavy atom. The molecule has 11 heteroatoms. The molecule has 0 radical (unpaired) electrons. The number of Topliss-reactive ketones (excluding diaryl/α,β-unsaturated/α-hetero) is 2. The van der Waals surface area contributed by atoms with Crippen LogP contribution in [0.25, 0.3) is 0 Å². The first-order chi connectivity index (χ1) is 17.0. The van der Waals surface area contributed by atoms with E-state index in [-0.39, 0.29) is 16.7 Å². The van der Waals surface area contributed by atoms with Crippen molar-refractivity contribution in [2.24, 2.45) is 0 Å². The maximum absolute atomic E-state index is 13.5. The summed E-state index contributed by atoms with van der Waals surface area (Å²) in [6.45, 7) is 1.71. The molecule has 3 aromatic rings. The van der Waals surface area contributed by atoms with Gasteiger partial charge in [0.05, 0.1) is 0 Å². The Hall–Kier alpha value is -3.08. The number of benzene rings is 2. The molecule has 1 saturated heterocycles. The monoisotopic (exact) mass is 532 g/mol. The van der Waals surface area contributed by atoms with E-state index in [1.165, 1.54) is 54.7 Å². The van der Waals surface area contributed by atoms with Crippen LogP contribution in [0.5, 0.6) is 0 Å². The molecule has 36 heavy (non-hydrogen) atoms. The van der Waals surface area contributed by atoms with E-state index in [2.05, 4.69) is 4.98 Å². The van der Waals surface area contributed by atoms with Crippen molar-refractivity contribution in [3.05, 3.63) is 102 Å². The number of aryl methyl sites for hydroxylation is 1. The normalized spacial score (nSPS) is 22.4. The molecule has 0 spiro atoms. The summed E-state index contributed by atoms with van der Waals surface area (Å²) in [4.78, 5) is 53.3. The zero-order chi connectivity index (χ0) is 26.2. The zero-order valence-electron chi connectivity index (χ0n) is 19.0. The molecule has 2 heterocycles. The van der Waals surface area contributed by atoms with Gasteiger partial charge in [-0.2, -0.15) is 0 Å². The lowest BCUT2D eigenvalue weighted by Crippen LogP contribution is -2.53. The number of rotatable bonds is 7. The van der Waals surface area contributed by atoms with Crippen molar-refractivity contribution in [1.29, 1.82) is 0 Å². The third kappa shape index (κ3) is 4.80. The lowest BCUT2D eigenvalue weighted by Gasteiger charge is -2.29. The van der Waals surface area contributed by atoms with Crippen molar-refractivity contribution in [1.82, 2.24) is 9.55 Å². The van der Waals surface area contributed by atoms with Crippen molar-refractivity contribution < 1.29 is 24.5 Å². The van der Waals surface area contributed by atoms with Crippen molar-refractivity contribution in [3.8, 4) is 0 Å². The first kappa shape index (κ1) is 26.0. The van der Waals surface area contributed by atoms with Crippen LogP contribution in [-0.2, 0) is 11.2 Å². The average molecular weight is 533 g/mol. The quantitative estimate of drug-likeness (QED) is 0.397. The summed E-state index contributed by atoms with van der Waals surface area (Å²) in [7, 11) is 0. The summed E-state index contributed by atoms with van der Waals surface area (Å²) >= 11 is 11.8. The van der Waals surface area contributed by atoms with Crippen LogP contribution in [0.15, 0.2) is 64.3 Å². The molecule has 1 aromatic heterocycles. The van der Waals surface area contributed by atoms with Crippen LogP contribution in [0.2, 0.25) is 10.0 Å². The Balaban J connectivity index is 1.77. The highest BCUT2D eigenvalue weighted by molar-refractivity contribution is 6.31. The molecule has 1 unspecified atom stereocenters. The second-order valence-electron chi connectivity index (χ2n) is 8.47. The van der Waals surface area contributed by atoms with Crippen LogP contribution in [0.4, 0.5) is 0 Å². The van der Waals surface area contributed by atoms with Crippen molar-refractivity contribution in [3.63, 3.8) is 0 Å². The Bertz CT molecular complexity index is 1420. The minimum Gasteiger partial charge on any atom is -0.382 e. The fourth-order valence-electron chi connectivity index (χ4n) is 4.20. The molecule has 0 bridgehead atoms. The Morgan fingerprint density at radius 3 is 2.19 bits per heavy atom. The number of halogens is 2. The Labute approximate surface area is 214 Å². The van der Waals surface area contributed by atoms with Gasteiger partial charge in [0.1, 0.15) is 18.4 Å². The first-order valence-electron chi connectivity index (χ1n) is 11.1. The summed E-state index contributed by atoms with van der Waals surface area (Å²) in [5, 5.41) is 23.4. The van der Waals surface area contributed by atoms with Gasteiger partial charge in [0.15, 0.2) is 17.2 Å². The molecule has 1 aliphatic rings. The molecule has 1 fully saturated rings. The molecule has 188 valence electrons. The highest BCUT2D eigenvalue weighted by Gasteiger charge is 2.57. The molecule has 0 saturated carbocycles. The van der Waals surface area contributed by atoms with Gasteiger partial charge in [-0.3, -0.25) is 23.9 Å². The van der Waals surface area contributed by atoms with Gasteiger partial charge >= 0.3 is 5.69 Å². The van der Waals surface area contributed by atoms with Crippen LogP contribution in [0.1, 0.15) is 45.9 Å². The predicted octanol–water partition coefficient (Wildman–Crippen LogP) is 2.55. The fourth-order valence-corrected chi connectivity index (χ4v) is 4.45. The Kier molecular flexibility index (Phi) is 7.31. The van der Waals surface area contributed by atoms with Crippen molar-refractivity contribution >= 4 is 34.8 Å². The van der Waals surface area contributed by atoms with Crippen LogP contribution in [-0.4, -0.2) is 49.1 Å². The summed E-state index contributed by atoms with van der Waals surface area (Å²) in [6.07, 6.45) is -3.87. The number of nitrogens with one attached hydrogen (secondary N) is 1. The zero-order valence-corrected chi connectivity index (χ0v) is 20.5. The number of hydrogen-bond acceptors (Lipinski definition) is 7. The average Bonchev–Trinajstić information content (AvgIpc) is 3.22. The lowest BCUT2D eigenvalue weighted by molar-refractivity contribution is -0.0916. The molecule has 4 atom stereocenters. The van der Waals surface area contributed by atoms with Gasteiger partial charge in [-0.1, -0.05) is 30.1 Å². The number of aromatic nitrogens is 2. The van der Waals surface area contributed by atoms with Crippen molar-refractivity contribution in [2.45, 2.75) is 43.8 Å². The third-order valence-corrected chi connectivity index (χ3v) is 6.68. The first-order valence-corrected chi connectivity index (χ1v) is 11.8. The number of nitrogens with zero attached hydrogens (tertiary/aromatic N) is 1. The molecule has 0 amide bonds. The summed E-state index contributed by atoms with van der Waals surface area (Å²) in [6, 6.07) is 11.4. The highest BCUT2D eigenvalue weighted by atomic mass is 35.5. The van der Waals surface area contributed by atoms with Gasteiger partial charge < -0.3 is 14.9 Å². The molecule has 1 aliphatic heterocycles. The van der Waals surface area contributed by atoms with E-state index in [4.69, 9.17) is 27.9 Å². The van der Waals surface area contributed by atoms with Gasteiger partial charge in [-0.25, -0.2) is 4.79 Å². The maximum atomic E-state index is 13.5. The highest BCUT2D eigenvalue weighted by Crippen LogP contribution is 2.41. The molecule has 3 N–H and O–H groups in total. The largest absolute Gasteiger partial charge is 0.382 e. The van der Waals surface area contributed by atoms with Gasteiger partial charge in [0, 0.05) is 39.4 Å². The minimum atomic E-state index is -2.40. The number of carbonyl (C=O) groups is 2. The molecular weight excluding hydrogens is 511 g/mol. The summed E-state index contributed by atoms with van der Waals surface area (Å²) < 4.78 is 6.85. The number of hydrogen-bond donors (Lipinski definition) is 3. The maximum Gasteiger partial charge on any atom is 0.330 e. The number of ether oxygens (including phenoxy) is 1. The van der Waals surface area contributed by atoms with Gasteiger partial charge in [0.2, 0.25) is 0 Å². The topological polar surface area (TPSA) is 139 Å². The molecule has 0 aliphatic carbocycles. The minimum absolute atomic E-state index is 0.0605. The smallest absolute Gasteiger partial charge is 0.330 e. The van der Waals surface area contributed by atoms with E-state index in [1.54, 1.807) is 6.92 Å². The van der Waals surface area contributed by atoms with Crippen LogP contribution in [0, 0.1) is 0 Å². The number of ketones is 2. The van der Waals surface area contributed by atoms with E-state index in [9.17, 15) is 29.4 Å². The predicted molar refractivity (Wildman–Crippen MR) is 132 cm³/mol. The fraction of sp³-hybridized carbons (Fsp3) is 0.280. The van der Waals surface area contributed by atoms with E-state index >= 15 is 0 Å². The number of H-pyrrole nitrogens is 1. The van der Waals surface area contributed by atoms with Crippen molar-refractivity contribution in [2.75, 3.05) is 0 Å². The number of aromatic amines is 1. The molecule has 9 nitrogen and oxygen atoms in total. The van der Waals surface area contributed by atoms with Crippen LogP contribution < -0.4 is 11.2 Å². The number of carbonyl (C=O) groups excluding carboxylic acids is 2.